The Hall–Kier alpha value is -1.89. The molecule has 1 atom stereocenters. The number of hydrogen-bond donors (Lipinski definition) is 1. The number of aryl methyl sites for hydroxylation is 1. The number of nitrogens with one attached hydrogen (secondary N) is 1. The molecule has 0 aliphatic carbocycles. The lowest BCUT2D eigenvalue weighted by atomic mass is 10.1. The Balaban J connectivity index is 1.42. The van der Waals surface area contributed by atoms with Crippen LogP contribution >= 0.6 is 0 Å². The molecular formula is C18H29N5O2. The second kappa shape index (κ2) is 8.47. The van der Waals surface area contributed by atoms with Crippen LogP contribution in [-0.2, 0) is 4.74 Å². The number of rotatable bonds is 4. The smallest absolute Gasteiger partial charge is 0.317 e. The van der Waals surface area contributed by atoms with Crippen molar-refractivity contribution in [3.63, 3.8) is 0 Å². The van der Waals surface area contributed by atoms with Crippen LogP contribution in [0.15, 0.2) is 6.33 Å². The summed E-state index contributed by atoms with van der Waals surface area (Å²) in [6.07, 6.45) is 6.36. The molecule has 2 saturated heterocycles. The molecule has 0 unspecified atom stereocenters. The molecule has 138 valence electrons. The number of ether oxygens (including phenoxy) is 1. The highest BCUT2D eigenvalue weighted by atomic mass is 16.5. The van der Waals surface area contributed by atoms with Crippen LogP contribution in [0.3, 0.4) is 0 Å². The quantitative estimate of drug-likeness (QED) is 0.900. The first-order valence-electron chi connectivity index (χ1n) is 9.32. The Morgan fingerprint density at radius 3 is 2.76 bits per heavy atom. The maximum Gasteiger partial charge on any atom is 0.317 e. The SMILES string of the molecule is Cc1ncnc(N2CCN(C(=O)NCC[C@H]3CCCCO3)CC2)c1C. The monoisotopic (exact) mass is 347 g/mol. The van der Waals surface area contributed by atoms with Gasteiger partial charge >= 0.3 is 6.03 Å². The summed E-state index contributed by atoms with van der Waals surface area (Å²) in [6, 6.07) is 0.0334. The average Bonchev–Trinajstić information content (AvgIpc) is 2.65. The van der Waals surface area contributed by atoms with Gasteiger partial charge in [0.15, 0.2) is 0 Å². The first-order valence-corrected chi connectivity index (χ1v) is 9.32. The molecule has 25 heavy (non-hydrogen) atoms. The first kappa shape index (κ1) is 17.9. The summed E-state index contributed by atoms with van der Waals surface area (Å²) >= 11 is 0. The van der Waals surface area contributed by atoms with Gasteiger partial charge in [-0.3, -0.25) is 0 Å². The summed E-state index contributed by atoms with van der Waals surface area (Å²) in [5.74, 6) is 0.988. The molecule has 7 nitrogen and oxygen atoms in total. The Labute approximate surface area is 149 Å². The fourth-order valence-corrected chi connectivity index (χ4v) is 3.45. The van der Waals surface area contributed by atoms with E-state index in [4.69, 9.17) is 4.74 Å². The molecule has 2 amide bonds. The van der Waals surface area contributed by atoms with Gasteiger partial charge in [-0.05, 0) is 39.5 Å². The van der Waals surface area contributed by atoms with E-state index in [2.05, 4.69) is 27.1 Å². The van der Waals surface area contributed by atoms with Crippen molar-refractivity contribution < 1.29 is 9.53 Å². The molecule has 1 N–H and O–H groups in total. The van der Waals surface area contributed by atoms with E-state index in [0.29, 0.717) is 25.7 Å². The molecule has 1 aromatic heterocycles. The van der Waals surface area contributed by atoms with Crippen molar-refractivity contribution in [3.05, 3.63) is 17.6 Å². The lowest BCUT2D eigenvalue weighted by Crippen LogP contribution is -2.52. The predicted molar refractivity (Wildman–Crippen MR) is 96.9 cm³/mol. The molecule has 2 aliphatic heterocycles. The fraction of sp³-hybridized carbons (Fsp3) is 0.722. The van der Waals surface area contributed by atoms with Crippen molar-refractivity contribution >= 4 is 11.8 Å². The van der Waals surface area contributed by atoms with Crippen LogP contribution < -0.4 is 10.2 Å². The highest BCUT2D eigenvalue weighted by Crippen LogP contribution is 2.19. The van der Waals surface area contributed by atoms with Gasteiger partial charge in [0.25, 0.3) is 0 Å². The van der Waals surface area contributed by atoms with Gasteiger partial charge in [-0.25, -0.2) is 14.8 Å². The molecule has 0 saturated carbocycles. The van der Waals surface area contributed by atoms with Gasteiger partial charge in [0.2, 0.25) is 0 Å². The van der Waals surface area contributed by atoms with Crippen molar-refractivity contribution in [2.45, 2.75) is 45.6 Å². The Kier molecular flexibility index (Phi) is 6.07. The minimum atomic E-state index is 0.0334. The normalized spacial score (nSPS) is 21.3. The zero-order valence-corrected chi connectivity index (χ0v) is 15.3. The van der Waals surface area contributed by atoms with Gasteiger partial charge in [-0.15, -0.1) is 0 Å². The van der Waals surface area contributed by atoms with Crippen LogP contribution in [0, 0.1) is 13.8 Å². The summed E-state index contributed by atoms with van der Waals surface area (Å²) < 4.78 is 5.71. The van der Waals surface area contributed by atoms with Crippen LogP contribution in [0.5, 0.6) is 0 Å². The van der Waals surface area contributed by atoms with Crippen molar-refractivity contribution in [1.29, 1.82) is 0 Å². The van der Waals surface area contributed by atoms with Crippen molar-refractivity contribution in [2.75, 3.05) is 44.2 Å². The number of hydrogen-bond acceptors (Lipinski definition) is 5. The summed E-state index contributed by atoms with van der Waals surface area (Å²) in [4.78, 5) is 25.1. The predicted octanol–water partition coefficient (Wildman–Crippen LogP) is 1.88. The molecule has 3 rings (SSSR count). The largest absolute Gasteiger partial charge is 0.378 e. The molecule has 0 aromatic carbocycles. The van der Waals surface area contributed by atoms with Crippen LogP contribution in [0.25, 0.3) is 0 Å². The number of amides is 2. The van der Waals surface area contributed by atoms with Gasteiger partial charge in [-0.2, -0.15) is 0 Å². The molecule has 0 spiro atoms. The highest BCUT2D eigenvalue weighted by molar-refractivity contribution is 5.74. The lowest BCUT2D eigenvalue weighted by molar-refractivity contribution is 0.0118. The number of aromatic nitrogens is 2. The summed E-state index contributed by atoms with van der Waals surface area (Å²) in [7, 11) is 0. The van der Waals surface area contributed by atoms with E-state index in [-0.39, 0.29) is 6.03 Å². The number of carbonyl (C=O) groups excluding carboxylic acids is 1. The van der Waals surface area contributed by atoms with E-state index >= 15 is 0 Å². The lowest BCUT2D eigenvalue weighted by Gasteiger charge is -2.36. The third-order valence-electron chi connectivity index (χ3n) is 5.19. The van der Waals surface area contributed by atoms with Crippen LogP contribution in [0.2, 0.25) is 0 Å². The third kappa shape index (κ3) is 4.60. The molecule has 7 heteroatoms. The molecule has 0 bridgehead atoms. The Bertz CT molecular complexity index is 581. The topological polar surface area (TPSA) is 70.6 Å². The molecule has 3 heterocycles. The molecule has 0 radical (unpaired) electrons. The maximum atomic E-state index is 12.3. The van der Waals surface area contributed by atoms with Gasteiger partial charge < -0.3 is 19.9 Å². The van der Waals surface area contributed by atoms with E-state index in [1.165, 1.54) is 12.8 Å². The van der Waals surface area contributed by atoms with E-state index < -0.39 is 0 Å². The Morgan fingerprint density at radius 2 is 2.04 bits per heavy atom. The standard InChI is InChI=1S/C18H29N5O2/c1-14-15(2)20-13-21-17(14)22-8-10-23(11-9-22)18(24)19-7-6-16-5-3-4-12-25-16/h13,16H,3-12H2,1-2H3,(H,19,24)/t16-/m1/s1. The van der Waals surface area contributed by atoms with Crippen molar-refractivity contribution in [2.24, 2.45) is 0 Å². The second-order valence-electron chi connectivity index (χ2n) is 6.89. The molecule has 1 aromatic rings. The zero-order chi connectivity index (χ0) is 17.6. The zero-order valence-electron chi connectivity index (χ0n) is 15.3. The van der Waals surface area contributed by atoms with E-state index in [0.717, 1.165) is 49.6 Å². The first-order chi connectivity index (χ1) is 12.1. The van der Waals surface area contributed by atoms with Gasteiger partial charge in [0, 0.05) is 50.6 Å². The molecule has 2 aliphatic rings. The van der Waals surface area contributed by atoms with Crippen LogP contribution in [0.1, 0.15) is 36.9 Å². The van der Waals surface area contributed by atoms with Gasteiger partial charge in [-0.1, -0.05) is 0 Å². The van der Waals surface area contributed by atoms with Crippen molar-refractivity contribution in [3.8, 4) is 0 Å². The van der Waals surface area contributed by atoms with E-state index in [1.807, 2.05) is 11.8 Å². The summed E-state index contributed by atoms with van der Waals surface area (Å²) in [6.45, 7) is 8.64. The van der Waals surface area contributed by atoms with Gasteiger partial charge in [0.05, 0.1) is 6.10 Å². The molecule has 2 fully saturated rings. The Morgan fingerprint density at radius 1 is 1.24 bits per heavy atom. The molecular weight excluding hydrogens is 318 g/mol. The number of piperazine rings is 1. The van der Waals surface area contributed by atoms with Crippen LogP contribution in [-0.4, -0.2) is 66.3 Å². The van der Waals surface area contributed by atoms with E-state index in [1.54, 1.807) is 6.33 Å². The number of anilines is 1. The number of carbonyl (C=O) groups is 1. The van der Waals surface area contributed by atoms with E-state index in [9.17, 15) is 4.79 Å². The highest BCUT2D eigenvalue weighted by Gasteiger charge is 2.23. The maximum absolute atomic E-state index is 12.3. The van der Waals surface area contributed by atoms with Crippen LogP contribution in [0.4, 0.5) is 10.6 Å². The number of nitrogens with zero attached hydrogens (tertiary/aromatic N) is 4. The third-order valence-corrected chi connectivity index (χ3v) is 5.19. The van der Waals surface area contributed by atoms with Crippen molar-refractivity contribution in [1.82, 2.24) is 20.2 Å². The minimum absolute atomic E-state index is 0.0334. The summed E-state index contributed by atoms with van der Waals surface area (Å²) in [5, 5.41) is 3.04. The van der Waals surface area contributed by atoms with Gasteiger partial charge in [0.1, 0.15) is 12.1 Å². The fourth-order valence-electron chi connectivity index (χ4n) is 3.45. The number of urea groups is 1. The second-order valence-corrected chi connectivity index (χ2v) is 6.89. The summed E-state index contributed by atoms with van der Waals surface area (Å²) in [5.41, 5.74) is 2.13. The minimum Gasteiger partial charge on any atom is -0.378 e. The average molecular weight is 347 g/mol.